The van der Waals surface area contributed by atoms with Crippen LogP contribution in [-0.2, 0) is 13.0 Å². The molecule has 0 aliphatic rings. The van der Waals surface area contributed by atoms with E-state index < -0.39 is 5.97 Å². The fourth-order valence-corrected chi connectivity index (χ4v) is 3.10. The first-order valence-corrected chi connectivity index (χ1v) is 7.56. The molecule has 4 heteroatoms. The summed E-state index contributed by atoms with van der Waals surface area (Å²) in [5, 5.41) is 10.5. The Morgan fingerprint density at radius 2 is 2.10 bits per heavy atom. The van der Waals surface area contributed by atoms with Crippen LogP contribution in [0.3, 0.4) is 0 Å². The summed E-state index contributed by atoms with van der Waals surface area (Å²) in [5.41, 5.74) is 10.3. The summed E-state index contributed by atoms with van der Waals surface area (Å²) in [5.74, 6) is -0.852. The maximum absolute atomic E-state index is 11.4. The standard InChI is InChI=1S/C17H24N2O2/c1-4-6-13-10-19(8-5-7-18)16-11(2)9-14(17(20)21)12(3)15(13)16/h9-10H,4-8,18H2,1-3H3,(H,20,21). The van der Waals surface area contributed by atoms with E-state index in [2.05, 4.69) is 17.7 Å². The molecule has 0 unspecified atom stereocenters. The average molecular weight is 288 g/mol. The van der Waals surface area contributed by atoms with Gasteiger partial charge in [0.25, 0.3) is 0 Å². The van der Waals surface area contributed by atoms with E-state index in [0.717, 1.165) is 47.8 Å². The van der Waals surface area contributed by atoms with Gasteiger partial charge in [0.2, 0.25) is 0 Å². The van der Waals surface area contributed by atoms with Crippen molar-refractivity contribution in [1.29, 1.82) is 0 Å². The van der Waals surface area contributed by atoms with Crippen molar-refractivity contribution >= 4 is 16.9 Å². The van der Waals surface area contributed by atoms with Gasteiger partial charge in [0, 0.05) is 18.1 Å². The van der Waals surface area contributed by atoms with E-state index in [4.69, 9.17) is 5.73 Å². The van der Waals surface area contributed by atoms with Gasteiger partial charge < -0.3 is 15.4 Å². The van der Waals surface area contributed by atoms with Gasteiger partial charge in [-0.2, -0.15) is 0 Å². The summed E-state index contributed by atoms with van der Waals surface area (Å²) in [6.45, 7) is 7.59. The second kappa shape index (κ2) is 6.31. The molecule has 0 atom stereocenters. The lowest BCUT2D eigenvalue weighted by molar-refractivity contribution is 0.0696. The molecule has 4 nitrogen and oxygen atoms in total. The van der Waals surface area contributed by atoms with Crippen LogP contribution in [0.15, 0.2) is 12.3 Å². The van der Waals surface area contributed by atoms with Crippen LogP contribution >= 0.6 is 0 Å². The third-order valence-corrected chi connectivity index (χ3v) is 4.02. The Labute approximate surface area is 125 Å². The predicted molar refractivity (Wildman–Crippen MR) is 86.0 cm³/mol. The number of nitrogens with two attached hydrogens (primary N) is 1. The molecule has 0 saturated carbocycles. The van der Waals surface area contributed by atoms with E-state index in [1.807, 2.05) is 13.8 Å². The number of aromatic nitrogens is 1. The van der Waals surface area contributed by atoms with Gasteiger partial charge >= 0.3 is 5.97 Å². The smallest absolute Gasteiger partial charge is 0.335 e. The van der Waals surface area contributed by atoms with Crippen molar-refractivity contribution in [2.75, 3.05) is 6.54 Å². The first-order valence-electron chi connectivity index (χ1n) is 7.56. The highest BCUT2D eigenvalue weighted by Crippen LogP contribution is 2.31. The van der Waals surface area contributed by atoms with E-state index in [1.165, 1.54) is 5.56 Å². The number of hydrogen-bond donors (Lipinski definition) is 2. The van der Waals surface area contributed by atoms with Crippen molar-refractivity contribution in [2.45, 2.75) is 46.6 Å². The van der Waals surface area contributed by atoms with Crippen molar-refractivity contribution in [3.8, 4) is 0 Å². The zero-order valence-electron chi connectivity index (χ0n) is 13.1. The lowest BCUT2D eigenvalue weighted by atomic mass is 9.97. The van der Waals surface area contributed by atoms with Gasteiger partial charge in [-0.15, -0.1) is 0 Å². The summed E-state index contributed by atoms with van der Waals surface area (Å²) in [6.07, 6.45) is 5.12. The molecule has 0 aliphatic heterocycles. The SMILES string of the molecule is CCCc1cn(CCCN)c2c(C)cc(C(=O)O)c(C)c12. The highest BCUT2D eigenvalue weighted by atomic mass is 16.4. The van der Waals surface area contributed by atoms with Crippen LogP contribution in [0, 0.1) is 13.8 Å². The molecule has 1 aromatic carbocycles. The summed E-state index contributed by atoms with van der Waals surface area (Å²) < 4.78 is 2.24. The van der Waals surface area contributed by atoms with E-state index in [0.29, 0.717) is 12.1 Å². The largest absolute Gasteiger partial charge is 0.478 e. The predicted octanol–water partition coefficient (Wildman–Crippen LogP) is 3.26. The molecule has 2 rings (SSSR count). The number of carboxylic acids is 1. The molecule has 0 saturated heterocycles. The fraction of sp³-hybridized carbons (Fsp3) is 0.471. The van der Waals surface area contributed by atoms with Crippen molar-refractivity contribution in [3.05, 3.63) is 34.5 Å². The average Bonchev–Trinajstić information content (AvgIpc) is 2.80. The van der Waals surface area contributed by atoms with Gasteiger partial charge in [-0.05, 0) is 56.0 Å². The van der Waals surface area contributed by atoms with Crippen LogP contribution in [-0.4, -0.2) is 22.2 Å². The van der Waals surface area contributed by atoms with Gasteiger partial charge in [-0.1, -0.05) is 13.3 Å². The normalized spacial score (nSPS) is 11.2. The summed E-state index contributed by atoms with van der Waals surface area (Å²) in [7, 11) is 0. The molecule has 0 spiro atoms. The number of fused-ring (bicyclic) bond motifs is 1. The number of hydrogen-bond acceptors (Lipinski definition) is 2. The number of nitrogens with zero attached hydrogens (tertiary/aromatic N) is 1. The van der Waals surface area contributed by atoms with Gasteiger partial charge in [0.15, 0.2) is 0 Å². The molecule has 0 fully saturated rings. The maximum Gasteiger partial charge on any atom is 0.335 e. The van der Waals surface area contributed by atoms with Crippen molar-refractivity contribution in [2.24, 2.45) is 5.73 Å². The number of aryl methyl sites for hydroxylation is 4. The Morgan fingerprint density at radius 3 is 2.67 bits per heavy atom. The Bertz CT molecular complexity index is 671. The van der Waals surface area contributed by atoms with Gasteiger partial charge in [-0.3, -0.25) is 0 Å². The van der Waals surface area contributed by atoms with Crippen molar-refractivity contribution < 1.29 is 9.90 Å². The number of carbonyl (C=O) groups is 1. The number of aromatic carboxylic acids is 1. The van der Waals surface area contributed by atoms with E-state index >= 15 is 0 Å². The minimum atomic E-state index is -0.852. The van der Waals surface area contributed by atoms with E-state index in [1.54, 1.807) is 6.07 Å². The number of rotatable bonds is 6. The van der Waals surface area contributed by atoms with Crippen LogP contribution < -0.4 is 5.73 Å². The topological polar surface area (TPSA) is 68.2 Å². The second-order valence-corrected chi connectivity index (χ2v) is 5.63. The Kier molecular flexibility index (Phi) is 4.68. The maximum atomic E-state index is 11.4. The number of carboxylic acid groups (broad SMARTS) is 1. The monoisotopic (exact) mass is 288 g/mol. The third kappa shape index (κ3) is 2.81. The van der Waals surface area contributed by atoms with Gasteiger partial charge in [0.05, 0.1) is 11.1 Å². The van der Waals surface area contributed by atoms with Crippen LogP contribution in [0.5, 0.6) is 0 Å². The molecule has 2 aromatic rings. The van der Waals surface area contributed by atoms with Crippen LogP contribution in [0.4, 0.5) is 0 Å². The third-order valence-electron chi connectivity index (χ3n) is 4.02. The molecule has 0 bridgehead atoms. The minimum absolute atomic E-state index is 0.411. The minimum Gasteiger partial charge on any atom is -0.478 e. The summed E-state index contributed by atoms with van der Waals surface area (Å²) in [6, 6.07) is 1.79. The molecule has 0 radical (unpaired) electrons. The zero-order chi connectivity index (χ0) is 15.6. The molecule has 1 heterocycles. The summed E-state index contributed by atoms with van der Waals surface area (Å²) in [4.78, 5) is 11.4. The molecule has 21 heavy (non-hydrogen) atoms. The highest BCUT2D eigenvalue weighted by Gasteiger charge is 2.18. The summed E-state index contributed by atoms with van der Waals surface area (Å²) >= 11 is 0. The molecule has 3 N–H and O–H groups in total. The molecule has 0 aliphatic carbocycles. The Morgan fingerprint density at radius 1 is 1.38 bits per heavy atom. The van der Waals surface area contributed by atoms with Crippen LogP contribution in [0.25, 0.3) is 10.9 Å². The lowest BCUT2D eigenvalue weighted by Crippen LogP contribution is -2.06. The lowest BCUT2D eigenvalue weighted by Gasteiger charge is -2.10. The number of benzene rings is 1. The van der Waals surface area contributed by atoms with E-state index in [-0.39, 0.29) is 0 Å². The molecule has 0 amide bonds. The molecular formula is C17H24N2O2. The first-order chi connectivity index (χ1) is 10.0. The highest BCUT2D eigenvalue weighted by molar-refractivity contribution is 5.99. The quantitative estimate of drug-likeness (QED) is 0.857. The van der Waals surface area contributed by atoms with Crippen molar-refractivity contribution in [3.63, 3.8) is 0 Å². The Hall–Kier alpha value is -1.81. The first kappa shape index (κ1) is 15.6. The van der Waals surface area contributed by atoms with Crippen LogP contribution in [0.1, 0.15) is 46.8 Å². The Balaban J connectivity index is 2.74. The second-order valence-electron chi connectivity index (χ2n) is 5.63. The molecule has 114 valence electrons. The van der Waals surface area contributed by atoms with Crippen LogP contribution in [0.2, 0.25) is 0 Å². The fourth-order valence-electron chi connectivity index (χ4n) is 3.10. The zero-order valence-corrected chi connectivity index (χ0v) is 13.1. The molecule has 1 aromatic heterocycles. The van der Waals surface area contributed by atoms with Gasteiger partial charge in [0.1, 0.15) is 0 Å². The van der Waals surface area contributed by atoms with Gasteiger partial charge in [-0.25, -0.2) is 4.79 Å². The van der Waals surface area contributed by atoms with Crippen molar-refractivity contribution in [1.82, 2.24) is 4.57 Å². The molecular weight excluding hydrogens is 264 g/mol. The van der Waals surface area contributed by atoms with E-state index in [9.17, 15) is 9.90 Å².